The summed E-state index contributed by atoms with van der Waals surface area (Å²) in [5.41, 5.74) is 0.145. The average molecular weight is 385 g/mol. The first-order valence-corrected chi connectivity index (χ1v) is 10.0. The second kappa shape index (κ2) is 8.39. The Morgan fingerprint density at radius 3 is 2.50 bits per heavy atom. The molecule has 1 aliphatic rings. The zero-order chi connectivity index (χ0) is 19.3. The first-order valence-electron chi connectivity index (χ1n) is 8.21. The van der Waals surface area contributed by atoms with Gasteiger partial charge in [0.05, 0.1) is 25.7 Å². The van der Waals surface area contributed by atoms with Crippen LogP contribution in [-0.4, -0.2) is 70.1 Å². The summed E-state index contributed by atoms with van der Waals surface area (Å²) in [4.78, 5) is 26.1. The van der Waals surface area contributed by atoms with Crippen molar-refractivity contribution in [1.29, 1.82) is 0 Å². The van der Waals surface area contributed by atoms with Crippen molar-refractivity contribution in [2.75, 3.05) is 38.9 Å². The van der Waals surface area contributed by atoms with E-state index in [2.05, 4.69) is 0 Å². The van der Waals surface area contributed by atoms with Gasteiger partial charge in [-0.3, -0.25) is 4.79 Å². The van der Waals surface area contributed by atoms with Gasteiger partial charge in [-0.2, -0.15) is 0 Å². The molecule has 0 aromatic heterocycles. The minimum Gasteiger partial charge on any atom is -0.493 e. The Bertz CT molecular complexity index is 775. The standard InChI is InChI=1S/C17H23NO7S/c1-4-18(12-8-9-26(21,22)11-12)15(19)10-25-17(20)13-6-5-7-14(23-2)16(13)24-3/h5-7,12H,4,8-11H2,1-3H3/t12-/m1/s1. The van der Waals surface area contributed by atoms with Crippen molar-refractivity contribution in [3.63, 3.8) is 0 Å². The van der Waals surface area contributed by atoms with Gasteiger partial charge in [0.15, 0.2) is 27.9 Å². The molecule has 2 rings (SSSR count). The summed E-state index contributed by atoms with van der Waals surface area (Å²) < 4.78 is 38.7. The molecule has 0 N–H and O–H groups in total. The molecule has 9 heteroatoms. The molecule has 0 spiro atoms. The highest BCUT2D eigenvalue weighted by Crippen LogP contribution is 2.31. The number of amides is 1. The minimum atomic E-state index is -3.11. The summed E-state index contributed by atoms with van der Waals surface area (Å²) in [5, 5.41) is 0. The first kappa shape index (κ1) is 20.0. The lowest BCUT2D eigenvalue weighted by atomic mass is 10.2. The third kappa shape index (κ3) is 4.46. The van der Waals surface area contributed by atoms with Crippen LogP contribution in [0.25, 0.3) is 0 Å². The third-order valence-corrected chi connectivity index (χ3v) is 6.01. The number of likely N-dealkylation sites (N-methyl/N-ethyl adjacent to an activating group) is 1. The van der Waals surface area contributed by atoms with Crippen LogP contribution in [-0.2, 0) is 19.4 Å². The van der Waals surface area contributed by atoms with Gasteiger partial charge in [0.2, 0.25) is 0 Å². The van der Waals surface area contributed by atoms with Crippen molar-refractivity contribution in [3.8, 4) is 11.5 Å². The van der Waals surface area contributed by atoms with Gasteiger partial charge in [-0.25, -0.2) is 13.2 Å². The summed E-state index contributed by atoms with van der Waals surface area (Å²) in [6.07, 6.45) is 0.402. The van der Waals surface area contributed by atoms with E-state index in [0.717, 1.165) is 0 Å². The highest BCUT2D eigenvalue weighted by molar-refractivity contribution is 7.91. The van der Waals surface area contributed by atoms with Gasteiger partial charge in [0, 0.05) is 12.6 Å². The Kier molecular flexibility index (Phi) is 6.47. The average Bonchev–Trinajstić information content (AvgIpc) is 2.98. The highest BCUT2D eigenvalue weighted by Gasteiger charge is 2.34. The fourth-order valence-corrected chi connectivity index (χ4v) is 4.73. The van der Waals surface area contributed by atoms with Crippen molar-refractivity contribution >= 4 is 21.7 Å². The van der Waals surface area contributed by atoms with Gasteiger partial charge < -0.3 is 19.1 Å². The van der Waals surface area contributed by atoms with Crippen molar-refractivity contribution in [2.45, 2.75) is 19.4 Å². The van der Waals surface area contributed by atoms with E-state index in [1.54, 1.807) is 19.1 Å². The molecule has 144 valence electrons. The van der Waals surface area contributed by atoms with Gasteiger partial charge in [0.1, 0.15) is 5.56 Å². The Hall–Kier alpha value is -2.29. The lowest BCUT2D eigenvalue weighted by Gasteiger charge is -2.26. The number of ether oxygens (including phenoxy) is 3. The van der Waals surface area contributed by atoms with Crippen LogP contribution in [0.1, 0.15) is 23.7 Å². The number of esters is 1. The fraction of sp³-hybridized carbons (Fsp3) is 0.529. The number of sulfone groups is 1. The van der Waals surface area contributed by atoms with Crippen LogP contribution in [0, 0.1) is 0 Å². The van der Waals surface area contributed by atoms with E-state index in [4.69, 9.17) is 14.2 Å². The van der Waals surface area contributed by atoms with E-state index in [-0.39, 0.29) is 28.9 Å². The van der Waals surface area contributed by atoms with Crippen LogP contribution in [0.15, 0.2) is 18.2 Å². The third-order valence-electron chi connectivity index (χ3n) is 4.26. The van der Waals surface area contributed by atoms with Crippen LogP contribution in [0.3, 0.4) is 0 Å². The molecule has 0 bridgehead atoms. The minimum absolute atomic E-state index is 0.0514. The van der Waals surface area contributed by atoms with E-state index in [9.17, 15) is 18.0 Å². The maximum atomic E-state index is 12.4. The number of hydrogen-bond donors (Lipinski definition) is 0. The number of carbonyl (C=O) groups is 2. The maximum absolute atomic E-state index is 12.4. The maximum Gasteiger partial charge on any atom is 0.342 e. The monoisotopic (exact) mass is 385 g/mol. The molecule has 1 saturated heterocycles. The van der Waals surface area contributed by atoms with Crippen LogP contribution in [0.2, 0.25) is 0 Å². The number of methoxy groups -OCH3 is 2. The number of nitrogens with zero attached hydrogens (tertiary/aromatic N) is 1. The molecule has 0 aliphatic carbocycles. The summed E-state index contributed by atoms with van der Waals surface area (Å²) in [6, 6.07) is 4.39. The van der Waals surface area contributed by atoms with Gasteiger partial charge in [-0.15, -0.1) is 0 Å². The number of para-hydroxylation sites is 1. The van der Waals surface area contributed by atoms with E-state index in [1.165, 1.54) is 25.2 Å². The molecule has 26 heavy (non-hydrogen) atoms. The van der Waals surface area contributed by atoms with E-state index in [0.29, 0.717) is 18.7 Å². The molecule has 1 atom stereocenters. The van der Waals surface area contributed by atoms with Gasteiger partial charge >= 0.3 is 5.97 Å². The predicted octanol–water partition coefficient (Wildman–Crippen LogP) is 0.896. The van der Waals surface area contributed by atoms with E-state index in [1.807, 2.05) is 0 Å². The summed E-state index contributed by atoms with van der Waals surface area (Å²) in [6.45, 7) is 1.64. The molecule has 8 nitrogen and oxygen atoms in total. The molecule has 1 aromatic rings. The number of hydrogen-bond acceptors (Lipinski definition) is 7. The molecule has 1 aromatic carbocycles. The normalized spacial score (nSPS) is 18.2. The lowest BCUT2D eigenvalue weighted by Crippen LogP contribution is -2.43. The largest absolute Gasteiger partial charge is 0.493 e. The molecule has 1 heterocycles. The topological polar surface area (TPSA) is 99.2 Å². The Labute approximate surface area is 152 Å². The predicted molar refractivity (Wildman–Crippen MR) is 94.3 cm³/mol. The SMILES string of the molecule is CCN(C(=O)COC(=O)c1cccc(OC)c1OC)[C@@H]1CCS(=O)(=O)C1. The molecule has 1 amide bonds. The Morgan fingerprint density at radius 2 is 1.96 bits per heavy atom. The first-order chi connectivity index (χ1) is 12.3. The van der Waals surface area contributed by atoms with Crippen LogP contribution >= 0.6 is 0 Å². The van der Waals surface area contributed by atoms with E-state index < -0.39 is 28.3 Å². The van der Waals surface area contributed by atoms with Gasteiger partial charge in [-0.05, 0) is 25.5 Å². The summed E-state index contributed by atoms with van der Waals surface area (Å²) >= 11 is 0. The zero-order valence-electron chi connectivity index (χ0n) is 15.1. The number of carbonyl (C=O) groups excluding carboxylic acids is 2. The summed E-state index contributed by atoms with van der Waals surface area (Å²) in [5.74, 6) is -0.526. The smallest absolute Gasteiger partial charge is 0.342 e. The molecular weight excluding hydrogens is 362 g/mol. The van der Waals surface area contributed by atoms with Crippen molar-refractivity contribution in [3.05, 3.63) is 23.8 Å². The van der Waals surface area contributed by atoms with Crippen molar-refractivity contribution in [1.82, 2.24) is 4.90 Å². The van der Waals surface area contributed by atoms with E-state index >= 15 is 0 Å². The molecule has 1 fully saturated rings. The fourth-order valence-electron chi connectivity index (χ4n) is 3.00. The van der Waals surface area contributed by atoms with Crippen molar-refractivity contribution in [2.24, 2.45) is 0 Å². The second-order valence-corrected chi connectivity index (χ2v) is 8.08. The van der Waals surface area contributed by atoms with Gasteiger partial charge in [-0.1, -0.05) is 6.07 Å². The Morgan fingerprint density at radius 1 is 1.23 bits per heavy atom. The van der Waals surface area contributed by atoms with Crippen molar-refractivity contribution < 1.29 is 32.2 Å². The second-order valence-electron chi connectivity index (χ2n) is 5.85. The molecular formula is C17H23NO7S. The number of rotatable bonds is 7. The molecule has 0 unspecified atom stereocenters. The van der Waals surface area contributed by atoms with Crippen LogP contribution in [0.4, 0.5) is 0 Å². The number of benzene rings is 1. The van der Waals surface area contributed by atoms with Gasteiger partial charge in [0.25, 0.3) is 5.91 Å². The molecule has 1 aliphatic heterocycles. The highest BCUT2D eigenvalue weighted by atomic mass is 32.2. The van der Waals surface area contributed by atoms with Crippen LogP contribution in [0.5, 0.6) is 11.5 Å². The lowest BCUT2D eigenvalue weighted by molar-refractivity contribution is -0.136. The summed E-state index contributed by atoms with van der Waals surface area (Å²) in [7, 11) is -0.256. The zero-order valence-corrected chi connectivity index (χ0v) is 15.9. The Balaban J connectivity index is 2.03. The molecule has 0 radical (unpaired) electrons. The molecule has 0 saturated carbocycles. The quantitative estimate of drug-likeness (QED) is 0.643. The van der Waals surface area contributed by atoms with Crippen LogP contribution < -0.4 is 9.47 Å².